The third-order valence-corrected chi connectivity index (χ3v) is 5.68. The number of aliphatic imine (C=N–C) groups is 1. The molecule has 2 nitrogen and oxygen atoms in total. The number of nitrogens with one attached hydrogen (secondary N) is 1. The molecule has 1 saturated heterocycles. The molecule has 0 radical (unpaired) electrons. The summed E-state index contributed by atoms with van der Waals surface area (Å²) in [6, 6.07) is 9.04. The zero-order valence-corrected chi connectivity index (χ0v) is 16.1. The lowest BCUT2D eigenvalue weighted by Gasteiger charge is -2.10. The van der Waals surface area contributed by atoms with Crippen LogP contribution < -0.4 is 5.32 Å². The Morgan fingerprint density at radius 3 is 2.80 bits per heavy atom. The Morgan fingerprint density at radius 2 is 2.20 bits per heavy atom. The molecule has 1 aromatic heterocycles. The lowest BCUT2D eigenvalue weighted by Crippen LogP contribution is -2.22. The Kier molecular flexibility index (Phi) is 7.83. The van der Waals surface area contributed by atoms with Gasteiger partial charge in [0.05, 0.1) is 6.54 Å². The summed E-state index contributed by atoms with van der Waals surface area (Å²) in [5.74, 6) is 0. The van der Waals surface area contributed by atoms with E-state index in [1.54, 1.807) is 0 Å². The minimum Gasteiger partial charge on any atom is -0.310 e. The first-order chi connectivity index (χ1) is 12.2. The fourth-order valence-corrected chi connectivity index (χ4v) is 4.20. The van der Waals surface area contributed by atoms with Gasteiger partial charge in [-0.25, -0.2) is 0 Å². The molecule has 3 rings (SSSR count). The fourth-order valence-electron chi connectivity index (χ4n) is 3.04. The second-order valence-electron chi connectivity index (χ2n) is 6.06. The Bertz CT molecular complexity index is 761. The molecule has 1 fully saturated rings. The van der Waals surface area contributed by atoms with Gasteiger partial charge < -0.3 is 5.32 Å². The summed E-state index contributed by atoms with van der Waals surface area (Å²) < 4.78 is 1.35. The summed E-state index contributed by atoms with van der Waals surface area (Å²) in [4.78, 5) is 5.25. The molecule has 1 N–H and O–H groups in total. The van der Waals surface area contributed by atoms with Crippen molar-refractivity contribution in [1.82, 2.24) is 5.32 Å². The quantitative estimate of drug-likeness (QED) is 0.531. The summed E-state index contributed by atoms with van der Waals surface area (Å²) in [5.41, 5.74) is 2.74. The van der Waals surface area contributed by atoms with Gasteiger partial charge in [-0.2, -0.15) is 0 Å². The standard InChI is InChI=1S/C11H11NS.C11H17N/c1-8-9-5-3-4-6-10(9)13-11(8)7-12-2;1-3-5-7-10(4-2)11-8-6-9-12-11/h3-6H,2,7H2,1H3;3-5,7,11-12H,1,6,8-9H2,2H3/b;7-5-,10-4+/t;11-/m.1/s1. The smallest absolute Gasteiger partial charge is 0.0728 e. The van der Waals surface area contributed by atoms with Gasteiger partial charge in [-0.05, 0) is 62.5 Å². The van der Waals surface area contributed by atoms with Crippen molar-refractivity contribution >= 4 is 28.1 Å². The van der Waals surface area contributed by atoms with Crippen molar-refractivity contribution in [3.63, 3.8) is 0 Å². The lowest BCUT2D eigenvalue weighted by molar-refractivity contribution is 0.702. The van der Waals surface area contributed by atoms with E-state index in [9.17, 15) is 0 Å². The molecule has 132 valence electrons. The van der Waals surface area contributed by atoms with Gasteiger partial charge in [0.15, 0.2) is 0 Å². The number of thiophene rings is 1. The molecule has 1 aliphatic rings. The maximum absolute atomic E-state index is 3.92. The summed E-state index contributed by atoms with van der Waals surface area (Å²) in [5, 5.41) is 4.82. The first-order valence-electron chi connectivity index (χ1n) is 8.79. The van der Waals surface area contributed by atoms with E-state index >= 15 is 0 Å². The molecule has 2 heterocycles. The van der Waals surface area contributed by atoms with Crippen molar-refractivity contribution in [3.05, 3.63) is 71.2 Å². The highest BCUT2D eigenvalue weighted by Gasteiger charge is 2.15. The second-order valence-corrected chi connectivity index (χ2v) is 7.20. The van der Waals surface area contributed by atoms with Crippen LogP contribution in [-0.4, -0.2) is 19.3 Å². The van der Waals surface area contributed by atoms with Crippen molar-refractivity contribution < 1.29 is 0 Å². The number of aryl methyl sites for hydroxylation is 1. The topological polar surface area (TPSA) is 24.4 Å². The van der Waals surface area contributed by atoms with Crippen LogP contribution in [0.5, 0.6) is 0 Å². The summed E-state index contributed by atoms with van der Waals surface area (Å²) >= 11 is 1.81. The van der Waals surface area contributed by atoms with E-state index < -0.39 is 0 Å². The van der Waals surface area contributed by atoms with Crippen molar-refractivity contribution in [2.24, 2.45) is 4.99 Å². The number of nitrogens with zero attached hydrogens (tertiary/aromatic N) is 1. The van der Waals surface area contributed by atoms with E-state index in [-0.39, 0.29) is 0 Å². The van der Waals surface area contributed by atoms with Gasteiger partial charge in [0.2, 0.25) is 0 Å². The van der Waals surface area contributed by atoms with Gasteiger partial charge in [-0.15, -0.1) is 11.3 Å². The van der Waals surface area contributed by atoms with Crippen LogP contribution in [0.3, 0.4) is 0 Å². The molecule has 1 aliphatic heterocycles. The number of allylic oxidation sites excluding steroid dienone is 3. The molecular weight excluding hydrogens is 324 g/mol. The number of benzene rings is 1. The first-order valence-corrected chi connectivity index (χ1v) is 9.61. The molecule has 1 aromatic carbocycles. The van der Waals surface area contributed by atoms with Crippen LogP contribution in [-0.2, 0) is 6.54 Å². The normalized spacial score (nSPS) is 17.5. The third-order valence-electron chi connectivity index (χ3n) is 4.42. The SMILES string of the molecule is C=C/C=C\C(=C/C)[C@H]1CCCN1.C=NCc1sc2ccccc2c1C. The number of hydrogen-bond acceptors (Lipinski definition) is 3. The molecule has 2 aromatic rings. The van der Waals surface area contributed by atoms with Crippen LogP contribution in [0.2, 0.25) is 0 Å². The van der Waals surface area contributed by atoms with E-state index in [0.29, 0.717) is 6.04 Å². The van der Waals surface area contributed by atoms with Crippen molar-refractivity contribution in [3.8, 4) is 0 Å². The van der Waals surface area contributed by atoms with Gasteiger partial charge in [0.25, 0.3) is 0 Å². The number of hydrogen-bond donors (Lipinski definition) is 1. The molecule has 0 bridgehead atoms. The Balaban J connectivity index is 0.000000181. The van der Waals surface area contributed by atoms with E-state index in [4.69, 9.17) is 0 Å². The molecule has 3 heteroatoms. The van der Waals surface area contributed by atoms with Crippen LogP contribution in [0.1, 0.15) is 30.2 Å². The van der Waals surface area contributed by atoms with Crippen LogP contribution in [0.25, 0.3) is 10.1 Å². The summed E-state index contributed by atoms with van der Waals surface area (Å²) in [6.07, 6.45) is 10.7. The zero-order valence-electron chi connectivity index (χ0n) is 15.3. The van der Waals surface area contributed by atoms with E-state index in [0.717, 1.165) is 13.1 Å². The van der Waals surface area contributed by atoms with Crippen LogP contribution >= 0.6 is 11.3 Å². The Labute approximate surface area is 155 Å². The van der Waals surface area contributed by atoms with Crippen LogP contribution in [0.15, 0.2) is 65.7 Å². The predicted octanol–water partition coefficient (Wildman–Crippen LogP) is 5.84. The molecule has 0 unspecified atom stereocenters. The molecule has 0 spiro atoms. The average molecular weight is 353 g/mol. The maximum atomic E-state index is 3.92. The predicted molar refractivity (Wildman–Crippen MR) is 114 cm³/mol. The summed E-state index contributed by atoms with van der Waals surface area (Å²) in [7, 11) is 0. The molecule has 0 amide bonds. The van der Waals surface area contributed by atoms with E-state index in [1.807, 2.05) is 23.5 Å². The minimum atomic E-state index is 0.575. The highest BCUT2D eigenvalue weighted by Crippen LogP contribution is 2.30. The lowest BCUT2D eigenvalue weighted by atomic mass is 10.1. The van der Waals surface area contributed by atoms with E-state index in [2.05, 4.69) is 73.9 Å². The van der Waals surface area contributed by atoms with Crippen LogP contribution in [0, 0.1) is 6.92 Å². The van der Waals surface area contributed by atoms with Gasteiger partial charge in [0.1, 0.15) is 0 Å². The molecule has 0 saturated carbocycles. The number of rotatable bonds is 5. The van der Waals surface area contributed by atoms with Crippen molar-refractivity contribution in [2.45, 2.75) is 39.3 Å². The fraction of sp³-hybridized carbons (Fsp3) is 0.318. The van der Waals surface area contributed by atoms with Crippen LogP contribution in [0.4, 0.5) is 0 Å². The highest BCUT2D eigenvalue weighted by molar-refractivity contribution is 7.19. The third kappa shape index (κ3) is 5.25. The van der Waals surface area contributed by atoms with Gasteiger partial charge >= 0.3 is 0 Å². The molecule has 0 aliphatic carbocycles. The van der Waals surface area contributed by atoms with Gasteiger partial charge in [0, 0.05) is 15.6 Å². The zero-order chi connectivity index (χ0) is 18.1. The minimum absolute atomic E-state index is 0.575. The highest BCUT2D eigenvalue weighted by atomic mass is 32.1. The van der Waals surface area contributed by atoms with Crippen molar-refractivity contribution in [1.29, 1.82) is 0 Å². The average Bonchev–Trinajstić information content (AvgIpc) is 3.26. The first kappa shape index (κ1) is 19.4. The second kappa shape index (κ2) is 10.1. The Hall–Kier alpha value is -1.97. The van der Waals surface area contributed by atoms with E-state index in [1.165, 1.54) is 38.9 Å². The molecule has 1 atom stereocenters. The molecule has 25 heavy (non-hydrogen) atoms. The van der Waals surface area contributed by atoms with Crippen molar-refractivity contribution in [2.75, 3.05) is 6.54 Å². The monoisotopic (exact) mass is 352 g/mol. The Morgan fingerprint density at radius 1 is 1.40 bits per heavy atom. The maximum Gasteiger partial charge on any atom is 0.0728 e. The largest absolute Gasteiger partial charge is 0.310 e. The van der Waals surface area contributed by atoms with Gasteiger partial charge in [-0.3, -0.25) is 4.99 Å². The number of fused-ring (bicyclic) bond motifs is 1. The summed E-state index contributed by atoms with van der Waals surface area (Å²) in [6.45, 7) is 13.3. The molecular formula is C22H28N2S. The van der Waals surface area contributed by atoms with Gasteiger partial charge in [-0.1, -0.05) is 49.1 Å².